The highest BCUT2D eigenvalue weighted by Crippen LogP contribution is 2.33. The van der Waals surface area contributed by atoms with E-state index >= 15 is 0 Å². The zero-order valence-electron chi connectivity index (χ0n) is 22.9. The first-order valence-corrected chi connectivity index (χ1v) is 15.7. The number of benzene rings is 4. The Morgan fingerprint density at radius 1 is 0.854 bits per heavy atom. The normalized spacial score (nSPS) is 14.4. The summed E-state index contributed by atoms with van der Waals surface area (Å²) < 4.78 is 7.82. The second-order valence-electron chi connectivity index (χ2n) is 10.6. The predicted molar refractivity (Wildman–Crippen MR) is 171 cm³/mol. The van der Waals surface area contributed by atoms with Crippen LogP contribution in [0, 0.1) is 0 Å². The van der Waals surface area contributed by atoms with Crippen molar-refractivity contribution in [2.24, 2.45) is 0 Å². The van der Waals surface area contributed by atoms with Crippen LogP contribution in [-0.4, -0.2) is 35.4 Å². The number of fused-ring (bicyclic) bond motifs is 1. The lowest BCUT2D eigenvalue weighted by atomic mass is 9.94. The Bertz CT molecular complexity index is 1490. The molecule has 5 nitrogen and oxygen atoms in total. The van der Waals surface area contributed by atoms with Crippen LogP contribution in [0.5, 0.6) is 5.75 Å². The summed E-state index contributed by atoms with van der Waals surface area (Å²) in [4.78, 5) is 29.6. The molecule has 1 saturated carbocycles. The molecule has 4 aromatic rings. The molecule has 0 unspecified atom stereocenters. The third-order valence-electron chi connectivity index (χ3n) is 7.64. The number of nitrogens with zero attached hydrogens (tertiary/aromatic N) is 1. The van der Waals surface area contributed by atoms with E-state index in [1.165, 1.54) is 6.42 Å². The van der Waals surface area contributed by atoms with Crippen molar-refractivity contribution >= 4 is 54.4 Å². The molecule has 1 aliphatic carbocycles. The van der Waals surface area contributed by atoms with Crippen molar-refractivity contribution in [3.8, 4) is 5.75 Å². The third kappa shape index (κ3) is 7.77. The molecule has 0 radical (unpaired) electrons. The van der Waals surface area contributed by atoms with E-state index in [1.54, 1.807) is 4.90 Å². The van der Waals surface area contributed by atoms with Gasteiger partial charge in [0.15, 0.2) is 6.61 Å². The molecule has 0 spiro atoms. The summed E-state index contributed by atoms with van der Waals surface area (Å²) in [5, 5.41) is 5.38. The fourth-order valence-corrected chi connectivity index (χ4v) is 6.53. The Labute approximate surface area is 258 Å². The number of amides is 2. The molecule has 0 heterocycles. The van der Waals surface area contributed by atoms with Crippen LogP contribution in [0.3, 0.4) is 0 Å². The number of nitrogens with one attached hydrogen (secondary N) is 1. The van der Waals surface area contributed by atoms with Gasteiger partial charge in [0.25, 0.3) is 5.91 Å². The monoisotopic (exact) mass is 676 g/mol. The molecule has 1 fully saturated rings. The van der Waals surface area contributed by atoms with Crippen LogP contribution in [0.15, 0.2) is 99.9 Å². The summed E-state index contributed by atoms with van der Waals surface area (Å²) >= 11 is 7.21. The maximum atomic E-state index is 14.0. The first-order valence-electron chi connectivity index (χ1n) is 14.2. The summed E-state index contributed by atoms with van der Waals surface area (Å²) in [7, 11) is 0. The molecule has 7 heteroatoms. The van der Waals surface area contributed by atoms with Crippen molar-refractivity contribution in [2.45, 2.75) is 57.2 Å². The van der Waals surface area contributed by atoms with Gasteiger partial charge in [0.2, 0.25) is 5.91 Å². The van der Waals surface area contributed by atoms with Gasteiger partial charge >= 0.3 is 0 Å². The van der Waals surface area contributed by atoms with Crippen LogP contribution < -0.4 is 10.1 Å². The topological polar surface area (TPSA) is 58.6 Å². The minimum atomic E-state index is -0.686. The molecule has 0 saturated heterocycles. The van der Waals surface area contributed by atoms with Gasteiger partial charge in [-0.1, -0.05) is 108 Å². The maximum absolute atomic E-state index is 14.0. The van der Waals surface area contributed by atoms with E-state index in [1.807, 2.05) is 91.0 Å². The summed E-state index contributed by atoms with van der Waals surface area (Å²) in [5.41, 5.74) is 1.93. The molecule has 41 heavy (non-hydrogen) atoms. The Morgan fingerprint density at radius 2 is 1.59 bits per heavy atom. The van der Waals surface area contributed by atoms with Crippen molar-refractivity contribution in [1.29, 1.82) is 0 Å². The predicted octanol–water partition coefficient (Wildman–Crippen LogP) is 7.83. The van der Waals surface area contributed by atoms with E-state index in [0.29, 0.717) is 12.2 Å². The Hall–Kier alpha value is -3.16. The number of hydrogen-bond acceptors (Lipinski definition) is 3. The smallest absolute Gasteiger partial charge is 0.261 e. The molecule has 0 bridgehead atoms. The number of carbonyl (C=O) groups is 2. The summed E-state index contributed by atoms with van der Waals surface area (Å²) in [6.07, 6.45) is 5.80. The minimum absolute atomic E-state index is 0.115. The second kappa shape index (κ2) is 14.1. The molecule has 2 amide bonds. The molecule has 1 N–H and O–H groups in total. The average molecular weight is 678 g/mol. The van der Waals surface area contributed by atoms with Gasteiger partial charge < -0.3 is 15.0 Å². The highest BCUT2D eigenvalue weighted by atomic mass is 79.9. The highest BCUT2D eigenvalue weighted by Gasteiger charge is 2.32. The first-order chi connectivity index (χ1) is 20.0. The van der Waals surface area contributed by atoms with Gasteiger partial charge in [-0.15, -0.1) is 0 Å². The van der Waals surface area contributed by atoms with E-state index in [-0.39, 0.29) is 31.0 Å². The SMILES string of the molecule is O=C(NC1CCCCC1)[C@H](Cc1ccccc1)N(Cc1cccc(Br)c1)C(=O)COc1ccc2ccccc2c1Br. The zero-order valence-corrected chi connectivity index (χ0v) is 26.1. The fourth-order valence-electron chi connectivity index (χ4n) is 5.48. The Kier molecular flexibility index (Phi) is 10.1. The van der Waals surface area contributed by atoms with Crippen molar-refractivity contribution in [3.05, 3.63) is 111 Å². The summed E-state index contributed by atoms with van der Waals surface area (Å²) in [6.45, 7) is 0.100. The second-order valence-corrected chi connectivity index (χ2v) is 12.3. The van der Waals surface area contributed by atoms with Crippen LogP contribution in [0.4, 0.5) is 0 Å². The molecule has 5 rings (SSSR count). The third-order valence-corrected chi connectivity index (χ3v) is 8.95. The van der Waals surface area contributed by atoms with Gasteiger partial charge in [0.1, 0.15) is 11.8 Å². The van der Waals surface area contributed by atoms with E-state index in [0.717, 1.165) is 56.5 Å². The quantitative estimate of drug-likeness (QED) is 0.186. The lowest BCUT2D eigenvalue weighted by Crippen LogP contribution is -2.53. The molecule has 212 valence electrons. The van der Waals surface area contributed by atoms with Crippen LogP contribution in [0.25, 0.3) is 10.8 Å². The van der Waals surface area contributed by atoms with E-state index in [4.69, 9.17) is 4.74 Å². The van der Waals surface area contributed by atoms with Gasteiger partial charge in [-0.25, -0.2) is 0 Å². The first kappa shape index (κ1) is 29.3. The van der Waals surface area contributed by atoms with E-state index in [9.17, 15) is 9.59 Å². The van der Waals surface area contributed by atoms with E-state index < -0.39 is 6.04 Å². The number of rotatable bonds is 10. The highest BCUT2D eigenvalue weighted by molar-refractivity contribution is 9.11. The van der Waals surface area contributed by atoms with Gasteiger partial charge in [-0.3, -0.25) is 9.59 Å². The van der Waals surface area contributed by atoms with Gasteiger partial charge in [-0.05, 0) is 68.9 Å². The number of hydrogen-bond donors (Lipinski definition) is 1. The number of halogens is 2. The molecule has 1 atom stereocenters. The van der Waals surface area contributed by atoms with Gasteiger partial charge in [-0.2, -0.15) is 0 Å². The van der Waals surface area contributed by atoms with Crippen LogP contribution in [0.1, 0.15) is 43.2 Å². The molecular weight excluding hydrogens is 644 g/mol. The van der Waals surface area contributed by atoms with Gasteiger partial charge in [0.05, 0.1) is 4.47 Å². The van der Waals surface area contributed by atoms with Crippen molar-refractivity contribution in [1.82, 2.24) is 10.2 Å². The largest absolute Gasteiger partial charge is 0.483 e. The van der Waals surface area contributed by atoms with Crippen molar-refractivity contribution in [2.75, 3.05) is 6.61 Å². The molecule has 4 aromatic carbocycles. The Balaban J connectivity index is 1.43. The van der Waals surface area contributed by atoms with Crippen LogP contribution >= 0.6 is 31.9 Å². The van der Waals surface area contributed by atoms with Crippen LogP contribution in [0.2, 0.25) is 0 Å². The molecular formula is C34H34Br2N2O3. The standard InChI is InChI=1S/C34H34Br2N2O3/c35-27-14-9-12-25(20-27)22-38(32(39)23-41-31-19-18-26-13-7-8-17-29(26)33(31)36)30(21-24-10-3-1-4-11-24)34(40)37-28-15-5-2-6-16-28/h1,3-4,7-14,17-20,28,30H,2,5-6,15-16,21-23H2,(H,37,40)/t30-/m0/s1. The maximum Gasteiger partial charge on any atom is 0.261 e. The van der Waals surface area contributed by atoms with E-state index in [2.05, 4.69) is 37.2 Å². The summed E-state index contributed by atoms with van der Waals surface area (Å²) in [5.74, 6) is 0.228. The Morgan fingerprint density at radius 3 is 2.37 bits per heavy atom. The minimum Gasteiger partial charge on any atom is -0.483 e. The van der Waals surface area contributed by atoms with Crippen LogP contribution in [-0.2, 0) is 22.6 Å². The summed E-state index contributed by atoms with van der Waals surface area (Å²) in [6, 6.07) is 29.1. The number of ether oxygens (including phenoxy) is 1. The van der Waals surface area contributed by atoms with Crippen molar-refractivity contribution in [3.63, 3.8) is 0 Å². The molecule has 1 aliphatic rings. The van der Waals surface area contributed by atoms with Gasteiger partial charge in [0, 0.05) is 23.5 Å². The van der Waals surface area contributed by atoms with Crippen molar-refractivity contribution < 1.29 is 14.3 Å². The molecule has 0 aliphatic heterocycles. The fraction of sp³-hybridized carbons (Fsp3) is 0.294. The lowest BCUT2D eigenvalue weighted by molar-refractivity contribution is -0.143. The zero-order chi connectivity index (χ0) is 28.6. The average Bonchev–Trinajstić information content (AvgIpc) is 2.99. The molecule has 0 aromatic heterocycles. The lowest BCUT2D eigenvalue weighted by Gasteiger charge is -2.33. The number of carbonyl (C=O) groups excluding carboxylic acids is 2.